The van der Waals surface area contributed by atoms with Gasteiger partial charge in [-0.25, -0.2) is 4.98 Å². The van der Waals surface area contributed by atoms with Gasteiger partial charge in [0.25, 0.3) is 0 Å². The lowest BCUT2D eigenvalue weighted by Gasteiger charge is -2.02. The van der Waals surface area contributed by atoms with Gasteiger partial charge < -0.3 is 16.0 Å². The highest BCUT2D eigenvalue weighted by Crippen LogP contribution is 2.18. The van der Waals surface area contributed by atoms with E-state index >= 15 is 0 Å². The van der Waals surface area contributed by atoms with Crippen LogP contribution in [0.4, 0.5) is 0 Å². The topological polar surface area (TPSA) is 79.1 Å². The van der Waals surface area contributed by atoms with Gasteiger partial charge in [-0.2, -0.15) is 0 Å². The molecule has 0 saturated heterocycles. The molecular formula is C13H17N5. The number of pyridine rings is 1. The van der Waals surface area contributed by atoms with Gasteiger partial charge in [0.2, 0.25) is 0 Å². The monoisotopic (exact) mass is 243 g/mol. The summed E-state index contributed by atoms with van der Waals surface area (Å²) in [6, 6.07) is 4.58. The largest absolute Gasteiger partial charge is 0.370 e. The molecule has 3 rings (SSSR count). The summed E-state index contributed by atoms with van der Waals surface area (Å²) < 4.78 is 0. The van der Waals surface area contributed by atoms with Crippen molar-refractivity contribution in [2.24, 2.45) is 10.7 Å². The van der Waals surface area contributed by atoms with Crippen LogP contribution in [-0.4, -0.2) is 28.5 Å². The molecule has 0 unspecified atom stereocenters. The Kier molecular flexibility index (Phi) is 2.88. The van der Waals surface area contributed by atoms with E-state index in [-0.39, 0.29) is 0 Å². The van der Waals surface area contributed by atoms with Gasteiger partial charge in [-0.1, -0.05) is 0 Å². The van der Waals surface area contributed by atoms with Gasteiger partial charge >= 0.3 is 0 Å². The first-order valence-electron chi connectivity index (χ1n) is 6.30. The van der Waals surface area contributed by atoms with E-state index in [2.05, 4.69) is 26.3 Å². The number of nitrogens with one attached hydrogen (secondary N) is 2. The van der Waals surface area contributed by atoms with E-state index in [0.717, 1.165) is 12.1 Å². The number of fused-ring (bicyclic) bond motifs is 1. The molecule has 0 spiro atoms. The van der Waals surface area contributed by atoms with Crippen LogP contribution in [0, 0.1) is 0 Å². The molecular weight excluding hydrogens is 226 g/mol. The zero-order chi connectivity index (χ0) is 12.4. The molecule has 94 valence electrons. The van der Waals surface area contributed by atoms with Crippen LogP contribution in [0.5, 0.6) is 0 Å². The van der Waals surface area contributed by atoms with E-state index in [9.17, 15) is 0 Å². The van der Waals surface area contributed by atoms with Gasteiger partial charge in [0, 0.05) is 30.4 Å². The Morgan fingerprint density at radius 2 is 2.44 bits per heavy atom. The minimum Gasteiger partial charge on any atom is -0.370 e. The van der Waals surface area contributed by atoms with E-state index in [1.165, 1.54) is 23.8 Å². The maximum absolute atomic E-state index is 5.79. The molecule has 1 aliphatic rings. The molecule has 18 heavy (non-hydrogen) atoms. The number of hydrogen-bond acceptors (Lipinski definition) is 2. The second-order valence-electron chi connectivity index (χ2n) is 4.65. The van der Waals surface area contributed by atoms with E-state index < -0.39 is 0 Å². The molecule has 0 amide bonds. The summed E-state index contributed by atoms with van der Waals surface area (Å²) in [6.07, 6.45) is 7.09. The number of aliphatic imine (C=N–C) groups is 1. The fourth-order valence-electron chi connectivity index (χ4n) is 2.00. The molecule has 2 heterocycles. The summed E-state index contributed by atoms with van der Waals surface area (Å²) in [6.45, 7) is 0.702. The second kappa shape index (κ2) is 4.68. The van der Waals surface area contributed by atoms with Gasteiger partial charge in [0.15, 0.2) is 5.96 Å². The van der Waals surface area contributed by atoms with Crippen LogP contribution in [0.3, 0.4) is 0 Å². The summed E-state index contributed by atoms with van der Waals surface area (Å²) in [7, 11) is 0. The van der Waals surface area contributed by atoms with Gasteiger partial charge in [-0.15, -0.1) is 0 Å². The molecule has 1 aliphatic carbocycles. The zero-order valence-electron chi connectivity index (χ0n) is 10.2. The summed E-state index contributed by atoms with van der Waals surface area (Å²) in [4.78, 5) is 11.8. The van der Waals surface area contributed by atoms with Crippen LogP contribution in [0.2, 0.25) is 0 Å². The van der Waals surface area contributed by atoms with Crippen LogP contribution >= 0.6 is 0 Å². The Bertz CT molecular complexity index is 568. The van der Waals surface area contributed by atoms with Crippen LogP contribution in [-0.2, 0) is 6.42 Å². The molecule has 2 aromatic rings. The number of nitrogens with two attached hydrogens (primary N) is 1. The fraction of sp³-hybridized carbons (Fsp3) is 0.385. The SMILES string of the molecule is NC(=NCCc1c[nH]c2ncccc12)NC1CC1. The van der Waals surface area contributed by atoms with Crippen LogP contribution in [0.25, 0.3) is 11.0 Å². The number of aromatic nitrogens is 2. The normalized spacial score (nSPS) is 16.1. The first-order chi connectivity index (χ1) is 8.83. The van der Waals surface area contributed by atoms with Crippen molar-refractivity contribution in [3.8, 4) is 0 Å². The number of H-pyrrole nitrogens is 1. The van der Waals surface area contributed by atoms with Gasteiger partial charge in [0.1, 0.15) is 5.65 Å². The molecule has 2 aromatic heterocycles. The molecule has 5 nitrogen and oxygen atoms in total. The molecule has 0 bridgehead atoms. The average Bonchev–Trinajstić information content (AvgIpc) is 3.09. The lowest BCUT2D eigenvalue weighted by molar-refractivity contribution is 0.871. The van der Waals surface area contributed by atoms with Crippen LogP contribution < -0.4 is 11.1 Å². The summed E-state index contributed by atoms with van der Waals surface area (Å²) in [5, 5.41) is 4.35. The number of rotatable bonds is 4. The summed E-state index contributed by atoms with van der Waals surface area (Å²) in [5.74, 6) is 0.565. The van der Waals surface area contributed by atoms with Crippen molar-refractivity contribution >= 4 is 17.0 Å². The third-order valence-corrected chi connectivity index (χ3v) is 3.13. The van der Waals surface area contributed by atoms with Crippen molar-refractivity contribution in [1.82, 2.24) is 15.3 Å². The molecule has 0 atom stereocenters. The molecule has 0 aromatic carbocycles. The smallest absolute Gasteiger partial charge is 0.188 e. The number of hydrogen-bond donors (Lipinski definition) is 3. The fourth-order valence-corrected chi connectivity index (χ4v) is 2.00. The predicted octanol–water partition coefficient (Wildman–Crippen LogP) is 1.17. The third-order valence-electron chi connectivity index (χ3n) is 3.13. The lowest BCUT2D eigenvalue weighted by Crippen LogP contribution is -2.33. The third kappa shape index (κ3) is 2.45. The minimum absolute atomic E-state index is 0.561. The van der Waals surface area contributed by atoms with Crippen molar-refractivity contribution in [2.45, 2.75) is 25.3 Å². The van der Waals surface area contributed by atoms with Crippen LogP contribution in [0.15, 0.2) is 29.5 Å². The predicted molar refractivity (Wildman–Crippen MR) is 72.4 cm³/mol. The highest BCUT2D eigenvalue weighted by Gasteiger charge is 2.21. The molecule has 1 fully saturated rings. The quantitative estimate of drug-likeness (QED) is 0.557. The van der Waals surface area contributed by atoms with Gasteiger partial charge in [0.05, 0.1) is 0 Å². The summed E-state index contributed by atoms with van der Waals surface area (Å²) >= 11 is 0. The Morgan fingerprint density at radius 1 is 1.56 bits per heavy atom. The van der Waals surface area contributed by atoms with E-state index in [0.29, 0.717) is 18.5 Å². The first kappa shape index (κ1) is 11.1. The van der Waals surface area contributed by atoms with E-state index in [4.69, 9.17) is 5.73 Å². The Balaban J connectivity index is 1.62. The summed E-state index contributed by atoms with van der Waals surface area (Å²) in [5.41, 5.74) is 7.95. The Hall–Kier alpha value is -2.04. The van der Waals surface area contributed by atoms with Crippen molar-refractivity contribution in [3.63, 3.8) is 0 Å². The Morgan fingerprint density at radius 3 is 3.28 bits per heavy atom. The second-order valence-corrected chi connectivity index (χ2v) is 4.65. The van der Waals surface area contributed by atoms with Crippen LogP contribution in [0.1, 0.15) is 18.4 Å². The molecule has 0 aliphatic heterocycles. The first-order valence-corrected chi connectivity index (χ1v) is 6.30. The highest BCUT2D eigenvalue weighted by molar-refractivity contribution is 5.80. The molecule has 1 saturated carbocycles. The lowest BCUT2D eigenvalue weighted by atomic mass is 10.1. The maximum atomic E-state index is 5.79. The minimum atomic E-state index is 0.561. The van der Waals surface area contributed by atoms with Crippen molar-refractivity contribution in [3.05, 3.63) is 30.1 Å². The average molecular weight is 243 g/mol. The number of nitrogens with zero attached hydrogens (tertiary/aromatic N) is 2. The number of aromatic amines is 1. The van der Waals surface area contributed by atoms with Gasteiger partial charge in [-0.05, 0) is 37.0 Å². The van der Waals surface area contributed by atoms with Crippen molar-refractivity contribution in [1.29, 1.82) is 0 Å². The molecule has 0 radical (unpaired) electrons. The number of guanidine groups is 1. The van der Waals surface area contributed by atoms with Gasteiger partial charge in [-0.3, -0.25) is 4.99 Å². The van der Waals surface area contributed by atoms with Crippen molar-refractivity contribution in [2.75, 3.05) is 6.54 Å². The molecule has 5 heteroatoms. The van der Waals surface area contributed by atoms with E-state index in [1.54, 1.807) is 6.20 Å². The van der Waals surface area contributed by atoms with Crippen molar-refractivity contribution < 1.29 is 0 Å². The standard InChI is InChI=1S/C13H17N5/c14-13(18-10-3-4-10)16-7-5-9-8-17-12-11(9)2-1-6-15-12/h1-2,6,8,10H,3-5,7H2,(H,15,17)(H3,14,16,18). The highest BCUT2D eigenvalue weighted by atomic mass is 15.1. The molecule has 4 N–H and O–H groups in total. The maximum Gasteiger partial charge on any atom is 0.188 e. The Labute approximate surface area is 106 Å². The van der Waals surface area contributed by atoms with E-state index in [1.807, 2.05) is 12.3 Å². The zero-order valence-corrected chi connectivity index (χ0v) is 10.2.